The Morgan fingerprint density at radius 2 is 1.94 bits per heavy atom. The standard InChI is InChI=1S/C15H20ClNO/c1-3-4-6-11-15(18)17(12-13(2)16)14-9-7-5-8-10-14/h5,7-10H,2-4,6,11-12H2,1H3. The van der Waals surface area contributed by atoms with Crippen LogP contribution in [-0.2, 0) is 4.79 Å². The van der Waals surface area contributed by atoms with Gasteiger partial charge in [-0.15, -0.1) is 0 Å². The fraction of sp³-hybridized carbons (Fsp3) is 0.400. The van der Waals surface area contributed by atoms with E-state index in [0.717, 1.165) is 24.9 Å². The van der Waals surface area contributed by atoms with Crippen molar-refractivity contribution in [3.8, 4) is 0 Å². The maximum Gasteiger partial charge on any atom is 0.227 e. The predicted octanol–water partition coefficient (Wildman–Crippen LogP) is 4.35. The Bertz CT molecular complexity index is 389. The van der Waals surface area contributed by atoms with Crippen LogP contribution in [0.1, 0.15) is 32.6 Å². The topological polar surface area (TPSA) is 20.3 Å². The molecule has 1 rings (SSSR count). The van der Waals surface area contributed by atoms with Gasteiger partial charge in [0, 0.05) is 17.1 Å². The Balaban J connectivity index is 2.72. The van der Waals surface area contributed by atoms with Crippen molar-refractivity contribution in [2.45, 2.75) is 32.6 Å². The van der Waals surface area contributed by atoms with Gasteiger partial charge in [-0.25, -0.2) is 0 Å². The molecular formula is C15H20ClNO. The van der Waals surface area contributed by atoms with Gasteiger partial charge >= 0.3 is 0 Å². The molecule has 0 N–H and O–H groups in total. The summed E-state index contributed by atoms with van der Waals surface area (Å²) in [6.07, 6.45) is 3.68. The molecule has 0 radical (unpaired) electrons. The first-order chi connectivity index (χ1) is 8.65. The summed E-state index contributed by atoms with van der Waals surface area (Å²) in [6, 6.07) is 9.59. The zero-order valence-corrected chi connectivity index (χ0v) is 11.6. The van der Waals surface area contributed by atoms with Gasteiger partial charge in [-0.3, -0.25) is 4.79 Å². The lowest BCUT2D eigenvalue weighted by Crippen LogP contribution is -2.31. The molecule has 0 aliphatic rings. The van der Waals surface area contributed by atoms with Crippen molar-refractivity contribution >= 4 is 23.2 Å². The first-order valence-electron chi connectivity index (χ1n) is 6.33. The molecule has 1 aromatic rings. The molecule has 98 valence electrons. The molecule has 0 saturated heterocycles. The Morgan fingerprint density at radius 1 is 1.28 bits per heavy atom. The van der Waals surface area contributed by atoms with E-state index in [4.69, 9.17) is 11.6 Å². The van der Waals surface area contributed by atoms with E-state index in [1.807, 2.05) is 30.3 Å². The minimum atomic E-state index is 0.108. The second-order valence-corrected chi connectivity index (χ2v) is 4.82. The van der Waals surface area contributed by atoms with E-state index in [0.29, 0.717) is 18.0 Å². The first-order valence-corrected chi connectivity index (χ1v) is 6.71. The average molecular weight is 266 g/mol. The third-order valence-corrected chi connectivity index (χ3v) is 2.81. The van der Waals surface area contributed by atoms with Crippen molar-refractivity contribution in [1.82, 2.24) is 0 Å². The quantitative estimate of drug-likeness (QED) is 0.671. The van der Waals surface area contributed by atoms with Gasteiger partial charge in [0.15, 0.2) is 0 Å². The van der Waals surface area contributed by atoms with Crippen LogP contribution in [-0.4, -0.2) is 12.5 Å². The summed E-state index contributed by atoms with van der Waals surface area (Å²) in [5.74, 6) is 0.108. The maximum absolute atomic E-state index is 12.2. The van der Waals surface area contributed by atoms with Crippen molar-refractivity contribution in [2.24, 2.45) is 0 Å². The van der Waals surface area contributed by atoms with Crippen molar-refractivity contribution in [1.29, 1.82) is 0 Å². The Morgan fingerprint density at radius 3 is 2.50 bits per heavy atom. The molecule has 18 heavy (non-hydrogen) atoms. The highest BCUT2D eigenvalue weighted by molar-refractivity contribution is 6.30. The number of benzene rings is 1. The summed E-state index contributed by atoms with van der Waals surface area (Å²) in [7, 11) is 0. The monoisotopic (exact) mass is 265 g/mol. The summed E-state index contributed by atoms with van der Waals surface area (Å²) in [6.45, 7) is 6.17. The van der Waals surface area contributed by atoms with Gasteiger partial charge in [0.25, 0.3) is 0 Å². The maximum atomic E-state index is 12.2. The summed E-state index contributed by atoms with van der Waals surface area (Å²) in [5.41, 5.74) is 0.876. The van der Waals surface area contributed by atoms with Gasteiger partial charge in [0.1, 0.15) is 0 Å². The van der Waals surface area contributed by atoms with Crippen LogP contribution in [0.2, 0.25) is 0 Å². The first kappa shape index (κ1) is 14.8. The molecule has 0 spiro atoms. The van der Waals surface area contributed by atoms with Crippen LogP contribution in [0.5, 0.6) is 0 Å². The van der Waals surface area contributed by atoms with Gasteiger partial charge < -0.3 is 4.90 Å². The highest BCUT2D eigenvalue weighted by Crippen LogP contribution is 2.18. The van der Waals surface area contributed by atoms with Crippen molar-refractivity contribution in [3.05, 3.63) is 41.9 Å². The van der Waals surface area contributed by atoms with Crippen LogP contribution in [0.4, 0.5) is 5.69 Å². The summed E-state index contributed by atoms with van der Waals surface area (Å²) >= 11 is 5.84. The molecule has 0 unspecified atom stereocenters. The van der Waals surface area contributed by atoms with E-state index in [-0.39, 0.29) is 5.91 Å². The minimum Gasteiger partial charge on any atom is -0.307 e. The van der Waals surface area contributed by atoms with Gasteiger partial charge in [-0.1, -0.05) is 56.1 Å². The number of anilines is 1. The fourth-order valence-electron chi connectivity index (χ4n) is 1.76. The smallest absolute Gasteiger partial charge is 0.227 e. The van der Waals surface area contributed by atoms with Crippen LogP contribution < -0.4 is 4.90 Å². The largest absolute Gasteiger partial charge is 0.307 e. The number of para-hydroxylation sites is 1. The van der Waals surface area contributed by atoms with E-state index < -0.39 is 0 Å². The molecule has 0 fully saturated rings. The molecule has 1 aromatic carbocycles. The molecule has 1 amide bonds. The second-order valence-electron chi connectivity index (χ2n) is 4.29. The molecular weight excluding hydrogens is 246 g/mol. The Hall–Kier alpha value is -1.28. The molecule has 0 aromatic heterocycles. The van der Waals surface area contributed by atoms with Crippen LogP contribution in [0.3, 0.4) is 0 Å². The van der Waals surface area contributed by atoms with Crippen molar-refractivity contribution in [2.75, 3.05) is 11.4 Å². The van der Waals surface area contributed by atoms with E-state index in [1.54, 1.807) is 4.90 Å². The van der Waals surface area contributed by atoms with E-state index >= 15 is 0 Å². The number of halogens is 1. The molecule has 0 atom stereocenters. The van der Waals surface area contributed by atoms with E-state index in [2.05, 4.69) is 13.5 Å². The van der Waals surface area contributed by atoms with E-state index in [1.165, 1.54) is 0 Å². The summed E-state index contributed by atoms with van der Waals surface area (Å²) in [5, 5.41) is 0.475. The predicted molar refractivity (Wildman–Crippen MR) is 77.9 cm³/mol. The number of amides is 1. The highest BCUT2D eigenvalue weighted by Gasteiger charge is 2.15. The van der Waals surface area contributed by atoms with Crippen LogP contribution in [0, 0.1) is 0 Å². The lowest BCUT2D eigenvalue weighted by Gasteiger charge is -2.22. The Kier molecular flexibility index (Phi) is 6.51. The lowest BCUT2D eigenvalue weighted by atomic mass is 10.2. The summed E-state index contributed by atoms with van der Waals surface area (Å²) in [4.78, 5) is 13.9. The number of unbranched alkanes of at least 4 members (excludes halogenated alkanes) is 2. The number of rotatable bonds is 7. The second kappa shape index (κ2) is 7.93. The van der Waals surface area contributed by atoms with Crippen LogP contribution in [0.25, 0.3) is 0 Å². The molecule has 3 heteroatoms. The summed E-state index contributed by atoms with van der Waals surface area (Å²) < 4.78 is 0. The third-order valence-electron chi connectivity index (χ3n) is 2.69. The zero-order valence-electron chi connectivity index (χ0n) is 10.9. The molecule has 2 nitrogen and oxygen atoms in total. The number of carbonyl (C=O) groups excluding carboxylic acids is 1. The van der Waals surface area contributed by atoms with Gasteiger partial charge in [-0.05, 0) is 18.6 Å². The fourth-order valence-corrected chi connectivity index (χ4v) is 1.88. The zero-order chi connectivity index (χ0) is 13.4. The van der Waals surface area contributed by atoms with E-state index in [9.17, 15) is 4.79 Å². The van der Waals surface area contributed by atoms with Gasteiger partial charge in [0.05, 0.1) is 6.54 Å². The SMILES string of the molecule is C=C(Cl)CN(C(=O)CCCCC)c1ccccc1. The van der Waals surface area contributed by atoms with Crippen molar-refractivity contribution < 1.29 is 4.79 Å². The minimum absolute atomic E-state index is 0.108. The average Bonchev–Trinajstić information content (AvgIpc) is 2.37. The lowest BCUT2D eigenvalue weighted by molar-refractivity contribution is -0.118. The highest BCUT2D eigenvalue weighted by atomic mass is 35.5. The number of hydrogen-bond acceptors (Lipinski definition) is 1. The molecule has 0 aliphatic heterocycles. The molecule has 0 aliphatic carbocycles. The van der Waals surface area contributed by atoms with Crippen LogP contribution in [0.15, 0.2) is 41.9 Å². The normalized spacial score (nSPS) is 10.1. The molecule has 0 bridgehead atoms. The van der Waals surface area contributed by atoms with Gasteiger partial charge in [-0.2, -0.15) is 0 Å². The van der Waals surface area contributed by atoms with Crippen LogP contribution >= 0.6 is 11.6 Å². The number of carbonyl (C=O) groups is 1. The van der Waals surface area contributed by atoms with Crippen molar-refractivity contribution in [3.63, 3.8) is 0 Å². The van der Waals surface area contributed by atoms with Gasteiger partial charge in [0.2, 0.25) is 5.91 Å². The third kappa shape index (κ3) is 4.92. The number of hydrogen-bond donors (Lipinski definition) is 0. The Labute approximate surface area is 114 Å². The number of nitrogens with zero attached hydrogens (tertiary/aromatic N) is 1. The molecule has 0 heterocycles. The molecule has 0 saturated carbocycles.